The summed E-state index contributed by atoms with van der Waals surface area (Å²) >= 11 is 0. The van der Waals surface area contributed by atoms with Crippen LogP contribution in [0.5, 0.6) is 0 Å². The van der Waals surface area contributed by atoms with Gasteiger partial charge in [0.1, 0.15) is 6.61 Å². The normalized spacial score (nSPS) is 44.5. The lowest BCUT2D eigenvalue weighted by Crippen LogP contribution is -2.57. The Labute approximate surface area is 171 Å². The first-order valence-electron chi connectivity index (χ1n) is 10.6. The number of allylic oxidation sites excluding steroid dienone is 1. The third-order valence-corrected chi connectivity index (χ3v) is 9.12. The van der Waals surface area contributed by atoms with E-state index in [1.54, 1.807) is 6.08 Å². The van der Waals surface area contributed by atoms with Crippen LogP contribution in [0.3, 0.4) is 0 Å². The topological polar surface area (TPSA) is 121 Å². The Kier molecular flexibility index (Phi) is 5.23. The molecule has 162 valence electrons. The lowest BCUT2D eigenvalue weighted by atomic mass is 9.46. The highest BCUT2D eigenvalue weighted by Crippen LogP contribution is 2.66. The molecule has 0 spiro atoms. The molecule has 3 N–H and O–H groups in total. The summed E-state index contributed by atoms with van der Waals surface area (Å²) in [5, 5.41) is 11.3. The fourth-order valence-corrected chi connectivity index (χ4v) is 7.76. The van der Waals surface area contributed by atoms with Crippen LogP contribution in [0.2, 0.25) is 0 Å². The lowest BCUT2D eigenvalue weighted by Gasteiger charge is -2.59. The van der Waals surface area contributed by atoms with Crippen molar-refractivity contribution in [1.82, 2.24) is 0 Å². The Morgan fingerprint density at radius 1 is 1.24 bits per heavy atom. The maximum absolute atomic E-state index is 12.7. The second kappa shape index (κ2) is 7.10. The molecule has 7 nitrogen and oxygen atoms in total. The molecular weight excluding hydrogens is 395 g/mol. The number of aliphatic hydroxyl groups is 1. The highest BCUT2D eigenvalue weighted by atomic mass is 31.2. The molecule has 0 unspecified atom stereocenters. The molecule has 3 fully saturated rings. The van der Waals surface area contributed by atoms with Gasteiger partial charge in [-0.25, -0.2) is 4.57 Å². The van der Waals surface area contributed by atoms with Crippen LogP contribution in [0.4, 0.5) is 0 Å². The Morgan fingerprint density at radius 2 is 1.97 bits per heavy atom. The molecule has 3 saturated carbocycles. The van der Waals surface area contributed by atoms with Gasteiger partial charge in [-0.3, -0.25) is 14.1 Å². The van der Waals surface area contributed by atoms with Gasteiger partial charge in [-0.15, -0.1) is 0 Å². The van der Waals surface area contributed by atoms with E-state index in [0.29, 0.717) is 25.2 Å². The highest BCUT2D eigenvalue weighted by Gasteiger charge is 2.62. The molecule has 4 aliphatic carbocycles. The van der Waals surface area contributed by atoms with Gasteiger partial charge in [0.15, 0.2) is 11.6 Å². The van der Waals surface area contributed by atoms with Gasteiger partial charge in [-0.05, 0) is 73.2 Å². The predicted octanol–water partition coefficient (Wildman–Crippen LogP) is 2.78. The van der Waals surface area contributed by atoms with Crippen LogP contribution in [0.25, 0.3) is 0 Å². The van der Waals surface area contributed by atoms with Crippen LogP contribution in [0.1, 0.15) is 58.8 Å². The summed E-state index contributed by atoms with van der Waals surface area (Å²) in [4.78, 5) is 42.5. The van der Waals surface area contributed by atoms with Crippen molar-refractivity contribution >= 4 is 19.4 Å². The van der Waals surface area contributed by atoms with E-state index in [2.05, 4.69) is 18.4 Å². The summed E-state index contributed by atoms with van der Waals surface area (Å²) in [7, 11) is -4.69. The van der Waals surface area contributed by atoms with E-state index in [0.717, 1.165) is 25.7 Å². The lowest BCUT2D eigenvalue weighted by molar-refractivity contribution is -0.146. The number of ketones is 2. The second-order valence-electron chi connectivity index (χ2n) is 10.0. The summed E-state index contributed by atoms with van der Waals surface area (Å²) in [5.41, 5.74) is 0.625. The van der Waals surface area contributed by atoms with Crippen molar-refractivity contribution in [3.05, 3.63) is 11.6 Å². The summed E-state index contributed by atoms with van der Waals surface area (Å²) in [6.45, 7) is 3.66. The number of hydrogen-bond acceptors (Lipinski definition) is 5. The number of aliphatic hydroxyl groups excluding tert-OH is 1. The quantitative estimate of drug-likeness (QED) is 0.591. The first-order valence-corrected chi connectivity index (χ1v) is 12.1. The molecule has 7 atom stereocenters. The van der Waals surface area contributed by atoms with Crippen LogP contribution in [0, 0.1) is 34.5 Å². The van der Waals surface area contributed by atoms with Gasteiger partial charge in [0.05, 0.1) is 6.10 Å². The third-order valence-electron chi connectivity index (χ3n) is 8.66. The maximum atomic E-state index is 12.7. The summed E-state index contributed by atoms with van der Waals surface area (Å²) in [5.74, 6) is 0.217. The monoisotopic (exact) mass is 426 g/mol. The van der Waals surface area contributed by atoms with Crippen molar-refractivity contribution in [2.45, 2.75) is 64.9 Å². The number of Topliss-reactive ketones (excluding diaryl/α,β-unsaturated/α-hetero) is 1. The van der Waals surface area contributed by atoms with Crippen LogP contribution >= 0.6 is 7.82 Å². The summed E-state index contributed by atoms with van der Waals surface area (Å²) < 4.78 is 15.5. The van der Waals surface area contributed by atoms with E-state index in [4.69, 9.17) is 9.79 Å². The largest absolute Gasteiger partial charge is 0.470 e. The smallest absolute Gasteiger partial charge is 0.393 e. The Hall–Kier alpha value is -0.850. The van der Waals surface area contributed by atoms with Crippen molar-refractivity contribution in [1.29, 1.82) is 0 Å². The number of hydrogen-bond donors (Lipinski definition) is 3. The number of phosphoric acid groups is 1. The van der Waals surface area contributed by atoms with Gasteiger partial charge in [0, 0.05) is 12.3 Å². The molecule has 0 heterocycles. The minimum absolute atomic E-state index is 0.0916. The molecule has 0 aromatic heterocycles. The zero-order valence-electron chi connectivity index (χ0n) is 17.0. The van der Waals surface area contributed by atoms with Crippen molar-refractivity contribution in [2.75, 3.05) is 6.61 Å². The van der Waals surface area contributed by atoms with Gasteiger partial charge in [0.2, 0.25) is 0 Å². The SMILES string of the molecule is C[C@]12C[C@H](O)[C@H]3[C@@H](CCC4=CC(=O)CC[C@@]43C)[C@@H]1CC[C@@H]2C(=O)COP(=O)(O)O. The molecule has 8 heteroatoms. The van der Waals surface area contributed by atoms with Crippen molar-refractivity contribution in [2.24, 2.45) is 34.5 Å². The first kappa shape index (κ1) is 21.4. The molecule has 0 bridgehead atoms. The van der Waals surface area contributed by atoms with Gasteiger partial charge >= 0.3 is 7.82 Å². The van der Waals surface area contributed by atoms with E-state index < -0.39 is 25.9 Å². The van der Waals surface area contributed by atoms with Gasteiger partial charge in [0.25, 0.3) is 0 Å². The maximum Gasteiger partial charge on any atom is 0.470 e. The minimum atomic E-state index is -4.69. The first-order chi connectivity index (χ1) is 13.5. The Morgan fingerprint density at radius 3 is 2.66 bits per heavy atom. The zero-order valence-corrected chi connectivity index (χ0v) is 17.9. The molecule has 0 aliphatic heterocycles. The predicted molar refractivity (Wildman–Crippen MR) is 105 cm³/mol. The average molecular weight is 426 g/mol. The minimum Gasteiger partial charge on any atom is -0.393 e. The summed E-state index contributed by atoms with van der Waals surface area (Å²) in [6, 6.07) is 0. The van der Waals surface area contributed by atoms with Crippen LogP contribution in [0.15, 0.2) is 11.6 Å². The zero-order chi connectivity index (χ0) is 21.2. The van der Waals surface area contributed by atoms with Gasteiger partial charge in [-0.2, -0.15) is 0 Å². The molecule has 0 amide bonds. The molecule has 0 saturated heterocycles. The fourth-order valence-electron chi connectivity index (χ4n) is 7.46. The Bertz CT molecular complexity index is 801. The van der Waals surface area contributed by atoms with Crippen molar-refractivity contribution in [3.8, 4) is 0 Å². The second-order valence-corrected chi connectivity index (χ2v) is 11.3. The van der Waals surface area contributed by atoms with Crippen LogP contribution in [-0.4, -0.2) is 39.2 Å². The van der Waals surface area contributed by atoms with E-state index in [1.165, 1.54) is 5.57 Å². The van der Waals surface area contributed by atoms with E-state index in [1.807, 2.05) is 0 Å². The average Bonchev–Trinajstić information content (AvgIpc) is 2.96. The van der Waals surface area contributed by atoms with Crippen molar-refractivity contribution in [3.63, 3.8) is 0 Å². The number of fused-ring (bicyclic) bond motifs is 5. The van der Waals surface area contributed by atoms with Gasteiger partial charge in [-0.1, -0.05) is 19.4 Å². The third kappa shape index (κ3) is 3.49. The van der Waals surface area contributed by atoms with Crippen LogP contribution in [-0.2, 0) is 18.7 Å². The number of rotatable bonds is 4. The molecule has 4 aliphatic rings. The van der Waals surface area contributed by atoms with E-state index in [-0.39, 0.29) is 34.7 Å². The number of carbonyl (C=O) groups is 2. The highest BCUT2D eigenvalue weighted by molar-refractivity contribution is 7.46. The molecule has 29 heavy (non-hydrogen) atoms. The summed E-state index contributed by atoms with van der Waals surface area (Å²) in [6.07, 6.45) is 6.38. The Balaban J connectivity index is 1.59. The van der Waals surface area contributed by atoms with Gasteiger partial charge < -0.3 is 14.9 Å². The number of phosphoric ester groups is 1. The number of carbonyl (C=O) groups excluding carboxylic acids is 2. The molecule has 4 rings (SSSR count). The molecule has 0 aromatic carbocycles. The van der Waals surface area contributed by atoms with E-state index in [9.17, 15) is 19.3 Å². The van der Waals surface area contributed by atoms with Crippen molar-refractivity contribution < 1.29 is 33.6 Å². The molecular formula is C21H31O7P. The van der Waals surface area contributed by atoms with Crippen LogP contribution < -0.4 is 0 Å². The molecule has 0 aromatic rings. The van der Waals surface area contributed by atoms with E-state index >= 15 is 0 Å². The molecule has 0 radical (unpaired) electrons. The standard InChI is InChI=1S/C21H31O7P/c1-20-8-7-13(22)9-12(20)3-4-14-15-5-6-16(18(24)11-28-29(25,26)27)21(15,2)10-17(23)19(14)20/h9,14-17,19,23H,3-8,10-11H2,1-2H3,(H2,25,26,27)/t14-,15-,16+,17-,19+,20-,21-/m0/s1. The fraction of sp³-hybridized carbons (Fsp3) is 0.810.